The molecule has 1 unspecified atom stereocenters. The number of carbonyl (C=O) groups is 1. The zero-order valence-electron chi connectivity index (χ0n) is 17.0. The van der Waals surface area contributed by atoms with E-state index in [2.05, 4.69) is 48.3 Å². The third-order valence-corrected chi connectivity index (χ3v) is 6.49. The van der Waals surface area contributed by atoms with Gasteiger partial charge in [-0.3, -0.25) is 4.79 Å². The first-order chi connectivity index (χ1) is 15.2. The zero-order valence-corrected chi connectivity index (χ0v) is 18.5. The van der Waals surface area contributed by atoms with Crippen LogP contribution < -0.4 is 15.1 Å². The van der Waals surface area contributed by atoms with Crippen LogP contribution in [-0.4, -0.2) is 66.3 Å². The highest BCUT2D eigenvalue weighted by Crippen LogP contribution is 2.31. The molecule has 2 fully saturated rings. The highest BCUT2D eigenvalue weighted by molar-refractivity contribution is 7.07. The summed E-state index contributed by atoms with van der Waals surface area (Å²) < 4.78 is 5.46. The number of hydrogen-bond acceptors (Lipinski definition) is 8. The van der Waals surface area contributed by atoms with Crippen LogP contribution in [0.15, 0.2) is 29.1 Å². The number of rotatable bonds is 4. The lowest BCUT2D eigenvalue weighted by atomic mass is 10.0. The van der Waals surface area contributed by atoms with E-state index in [4.69, 9.17) is 16.3 Å². The van der Waals surface area contributed by atoms with E-state index in [1.54, 1.807) is 10.9 Å². The van der Waals surface area contributed by atoms with Gasteiger partial charge in [-0.2, -0.15) is 4.98 Å². The molecule has 1 atom stereocenters. The number of nitrogens with zero attached hydrogens (tertiary/aromatic N) is 5. The summed E-state index contributed by atoms with van der Waals surface area (Å²) in [4.78, 5) is 30.1. The van der Waals surface area contributed by atoms with Crippen molar-refractivity contribution in [2.45, 2.75) is 18.9 Å². The van der Waals surface area contributed by atoms with Crippen LogP contribution in [0.1, 0.15) is 23.3 Å². The summed E-state index contributed by atoms with van der Waals surface area (Å²) in [6, 6.07) is 6.28. The lowest BCUT2D eigenvalue weighted by molar-refractivity contribution is 0.0928. The molecule has 1 N–H and O–H groups in total. The second-order valence-electron chi connectivity index (χ2n) is 7.75. The Labute approximate surface area is 189 Å². The molecule has 2 saturated heterocycles. The minimum absolute atomic E-state index is 0.0272. The van der Waals surface area contributed by atoms with Gasteiger partial charge in [-0.1, -0.05) is 0 Å². The van der Waals surface area contributed by atoms with E-state index in [1.165, 1.54) is 11.3 Å². The van der Waals surface area contributed by atoms with E-state index in [0.29, 0.717) is 12.2 Å². The molecule has 1 aromatic carbocycles. The molecule has 31 heavy (non-hydrogen) atoms. The van der Waals surface area contributed by atoms with E-state index >= 15 is 0 Å². The minimum atomic E-state index is -0.131. The molecule has 0 aliphatic carbocycles. The predicted octanol–water partition coefficient (Wildman–Crippen LogP) is 2.98. The van der Waals surface area contributed by atoms with Gasteiger partial charge in [-0.15, -0.1) is 11.3 Å². The van der Waals surface area contributed by atoms with Crippen LogP contribution in [-0.2, 0) is 4.74 Å². The second-order valence-corrected chi connectivity index (χ2v) is 8.81. The first-order valence-corrected chi connectivity index (χ1v) is 11.7. The SMILES string of the molecule is O=C(NC1CCCN(c2nc(Cl)nc3cc(N4CCOCC4)ccc23)C1)c1cscn1. The molecule has 0 radical (unpaired) electrons. The number of amides is 1. The Hall–Kier alpha value is -2.49. The monoisotopic (exact) mass is 458 g/mol. The van der Waals surface area contributed by atoms with Crippen molar-refractivity contribution in [1.82, 2.24) is 20.3 Å². The number of aromatic nitrogens is 3. The van der Waals surface area contributed by atoms with Gasteiger partial charge in [0.1, 0.15) is 11.5 Å². The zero-order chi connectivity index (χ0) is 21.2. The maximum Gasteiger partial charge on any atom is 0.271 e. The van der Waals surface area contributed by atoms with Gasteiger partial charge in [-0.05, 0) is 42.6 Å². The number of thiazole rings is 1. The van der Waals surface area contributed by atoms with Gasteiger partial charge in [0.2, 0.25) is 5.28 Å². The average molecular weight is 459 g/mol. The Morgan fingerprint density at radius 1 is 1.19 bits per heavy atom. The van der Waals surface area contributed by atoms with E-state index in [1.807, 2.05) is 0 Å². The molecule has 10 heteroatoms. The number of piperidine rings is 1. The Kier molecular flexibility index (Phi) is 5.89. The van der Waals surface area contributed by atoms with E-state index < -0.39 is 0 Å². The Balaban J connectivity index is 1.38. The van der Waals surface area contributed by atoms with Gasteiger partial charge in [0.25, 0.3) is 5.91 Å². The van der Waals surface area contributed by atoms with Crippen molar-refractivity contribution in [1.29, 1.82) is 0 Å². The third kappa shape index (κ3) is 4.44. The Bertz CT molecular complexity index is 1070. The topological polar surface area (TPSA) is 83.5 Å². The number of hydrogen-bond donors (Lipinski definition) is 1. The highest BCUT2D eigenvalue weighted by Gasteiger charge is 2.25. The van der Waals surface area contributed by atoms with Crippen molar-refractivity contribution in [2.24, 2.45) is 0 Å². The lowest BCUT2D eigenvalue weighted by Gasteiger charge is -2.34. The molecule has 1 amide bonds. The number of carbonyl (C=O) groups excluding carboxylic acids is 1. The summed E-state index contributed by atoms with van der Waals surface area (Å²) in [6.45, 7) is 4.72. The smallest absolute Gasteiger partial charge is 0.271 e. The van der Waals surface area contributed by atoms with Crippen molar-refractivity contribution >= 4 is 51.3 Å². The summed E-state index contributed by atoms with van der Waals surface area (Å²) in [5.74, 6) is 0.685. The second kappa shape index (κ2) is 8.94. The maximum absolute atomic E-state index is 12.4. The summed E-state index contributed by atoms with van der Waals surface area (Å²) in [7, 11) is 0. The number of anilines is 2. The average Bonchev–Trinajstić information content (AvgIpc) is 3.34. The fraction of sp³-hybridized carbons (Fsp3) is 0.429. The largest absolute Gasteiger partial charge is 0.378 e. The molecule has 5 rings (SSSR count). The van der Waals surface area contributed by atoms with Crippen LogP contribution in [0.4, 0.5) is 11.5 Å². The molecule has 3 aromatic rings. The molecule has 0 spiro atoms. The van der Waals surface area contributed by atoms with Gasteiger partial charge in [-0.25, -0.2) is 9.97 Å². The summed E-state index contributed by atoms with van der Waals surface area (Å²) in [6.07, 6.45) is 1.88. The predicted molar refractivity (Wildman–Crippen MR) is 122 cm³/mol. The molecule has 8 nitrogen and oxygen atoms in total. The first-order valence-electron chi connectivity index (χ1n) is 10.4. The number of nitrogens with one attached hydrogen (secondary N) is 1. The third-order valence-electron chi connectivity index (χ3n) is 5.73. The van der Waals surface area contributed by atoms with Crippen LogP contribution in [0.3, 0.4) is 0 Å². The van der Waals surface area contributed by atoms with Gasteiger partial charge >= 0.3 is 0 Å². The molecule has 2 aliphatic heterocycles. The van der Waals surface area contributed by atoms with Crippen LogP contribution in [0.25, 0.3) is 10.9 Å². The molecular weight excluding hydrogens is 436 g/mol. The molecule has 2 aromatic heterocycles. The van der Waals surface area contributed by atoms with Gasteiger partial charge < -0.3 is 19.9 Å². The molecular formula is C21H23ClN6O2S. The van der Waals surface area contributed by atoms with Crippen molar-refractivity contribution in [2.75, 3.05) is 49.2 Å². The molecule has 2 aliphatic rings. The number of halogens is 1. The van der Waals surface area contributed by atoms with Crippen molar-refractivity contribution < 1.29 is 9.53 Å². The Morgan fingerprint density at radius 3 is 2.87 bits per heavy atom. The normalized spacial score (nSPS) is 19.6. The quantitative estimate of drug-likeness (QED) is 0.601. The fourth-order valence-electron chi connectivity index (χ4n) is 4.20. The molecule has 0 saturated carbocycles. The van der Waals surface area contributed by atoms with Crippen LogP contribution in [0, 0.1) is 0 Å². The van der Waals surface area contributed by atoms with E-state index in [0.717, 1.165) is 68.1 Å². The van der Waals surface area contributed by atoms with Crippen LogP contribution >= 0.6 is 22.9 Å². The van der Waals surface area contributed by atoms with Crippen LogP contribution in [0.5, 0.6) is 0 Å². The van der Waals surface area contributed by atoms with Crippen molar-refractivity contribution in [3.8, 4) is 0 Å². The van der Waals surface area contributed by atoms with Crippen molar-refractivity contribution in [3.05, 3.63) is 40.1 Å². The fourth-order valence-corrected chi connectivity index (χ4v) is 4.91. The van der Waals surface area contributed by atoms with E-state index in [-0.39, 0.29) is 17.2 Å². The summed E-state index contributed by atoms with van der Waals surface area (Å²) >= 11 is 7.73. The number of benzene rings is 1. The van der Waals surface area contributed by atoms with Crippen LogP contribution in [0.2, 0.25) is 5.28 Å². The van der Waals surface area contributed by atoms with Gasteiger partial charge in [0.05, 0.1) is 24.2 Å². The lowest BCUT2D eigenvalue weighted by Crippen LogP contribution is -2.48. The maximum atomic E-state index is 12.4. The summed E-state index contributed by atoms with van der Waals surface area (Å²) in [5, 5.41) is 6.07. The summed E-state index contributed by atoms with van der Waals surface area (Å²) in [5.41, 5.74) is 4.08. The van der Waals surface area contributed by atoms with E-state index in [9.17, 15) is 4.79 Å². The van der Waals surface area contributed by atoms with Gasteiger partial charge in [0.15, 0.2) is 0 Å². The number of fused-ring (bicyclic) bond motifs is 1. The Morgan fingerprint density at radius 2 is 2.06 bits per heavy atom. The first kappa shape index (κ1) is 20.4. The van der Waals surface area contributed by atoms with Crippen molar-refractivity contribution in [3.63, 3.8) is 0 Å². The molecule has 162 valence electrons. The highest BCUT2D eigenvalue weighted by atomic mass is 35.5. The molecule has 4 heterocycles. The standard InChI is InChI=1S/C21H23ClN6O2S/c22-21-25-17-10-15(27-6-8-30-9-7-27)3-4-16(17)19(26-21)28-5-1-2-14(11-28)24-20(29)18-12-31-13-23-18/h3-4,10,12-14H,1-2,5-9,11H2,(H,24,29). The number of morpholine rings is 1. The molecule has 0 bridgehead atoms. The van der Waals surface area contributed by atoms with Gasteiger partial charge in [0, 0.05) is 48.7 Å². The number of ether oxygens (including phenoxy) is 1. The minimum Gasteiger partial charge on any atom is -0.378 e.